The molecule has 0 saturated carbocycles. The number of benzene rings is 4. The third kappa shape index (κ3) is 2.58. The van der Waals surface area contributed by atoms with Gasteiger partial charge in [-0.3, -0.25) is 0 Å². The lowest BCUT2D eigenvalue weighted by Crippen LogP contribution is -2.11. The van der Waals surface area contributed by atoms with Crippen LogP contribution >= 0.6 is 0 Å². The van der Waals surface area contributed by atoms with E-state index in [2.05, 4.69) is 91.0 Å². The van der Waals surface area contributed by atoms with E-state index in [9.17, 15) is 0 Å². The van der Waals surface area contributed by atoms with E-state index in [1.807, 2.05) is 12.1 Å². The fourth-order valence-electron chi connectivity index (χ4n) is 3.62. The van der Waals surface area contributed by atoms with Gasteiger partial charge in [-0.05, 0) is 45.7 Å². The molecule has 0 radical (unpaired) electrons. The Balaban J connectivity index is 1.68. The average Bonchev–Trinajstić information content (AvgIpc) is 2.73. The molecule has 0 N–H and O–H groups in total. The second-order valence-corrected chi connectivity index (χ2v) is 6.59. The Morgan fingerprint density at radius 2 is 1.35 bits per heavy atom. The van der Waals surface area contributed by atoms with Crippen molar-refractivity contribution in [2.75, 3.05) is 0 Å². The van der Waals surface area contributed by atoms with Crippen LogP contribution in [0.2, 0.25) is 0 Å². The van der Waals surface area contributed by atoms with Gasteiger partial charge in [0.2, 0.25) is 0 Å². The van der Waals surface area contributed by atoms with E-state index >= 15 is 0 Å². The lowest BCUT2D eigenvalue weighted by Gasteiger charge is -2.26. The van der Waals surface area contributed by atoms with Gasteiger partial charge in [0.25, 0.3) is 0 Å². The minimum atomic E-state index is -0.0763. The van der Waals surface area contributed by atoms with E-state index in [1.165, 1.54) is 27.5 Å². The maximum atomic E-state index is 6.28. The van der Waals surface area contributed by atoms with Crippen LogP contribution in [-0.2, 0) is 0 Å². The molecule has 5 rings (SSSR count). The highest BCUT2D eigenvalue weighted by Gasteiger charge is 2.22. The molecule has 0 spiro atoms. The van der Waals surface area contributed by atoms with Gasteiger partial charge in [0, 0.05) is 5.56 Å². The molecule has 0 bridgehead atoms. The normalized spacial score (nSPS) is 15.8. The standard InChI is InChI=1S/C25H18O/c1-2-9-19(10-3-1)25-17-23(22-12-6-7-13-24(22)26-25)21-15-14-18-8-4-5-11-20(18)16-21/h1-17,25H. The summed E-state index contributed by atoms with van der Waals surface area (Å²) in [5.74, 6) is 0.937. The first-order valence-electron chi connectivity index (χ1n) is 8.90. The fraction of sp³-hybridized carbons (Fsp3) is 0.0400. The van der Waals surface area contributed by atoms with Gasteiger partial charge in [0.15, 0.2) is 0 Å². The van der Waals surface area contributed by atoms with Crippen molar-refractivity contribution < 1.29 is 4.74 Å². The van der Waals surface area contributed by atoms with Gasteiger partial charge < -0.3 is 4.74 Å². The maximum absolute atomic E-state index is 6.28. The van der Waals surface area contributed by atoms with Crippen molar-refractivity contribution in [2.24, 2.45) is 0 Å². The summed E-state index contributed by atoms with van der Waals surface area (Å²) >= 11 is 0. The van der Waals surface area contributed by atoms with E-state index in [-0.39, 0.29) is 6.10 Å². The second kappa shape index (κ2) is 6.20. The zero-order valence-electron chi connectivity index (χ0n) is 14.3. The first kappa shape index (κ1) is 15.0. The van der Waals surface area contributed by atoms with E-state index < -0.39 is 0 Å². The molecule has 0 fully saturated rings. The third-order valence-electron chi connectivity index (χ3n) is 4.94. The summed E-state index contributed by atoms with van der Waals surface area (Å²) in [5.41, 5.74) is 4.77. The number of hydrogen-bond acceptors (Lipinski definition) is 1. The Bertz CT molecular complexity index is 1110. The quantitative estimate of drug-likeness (QED) is 0.412. The lowest BCUT2D eigenvalue weighted by molar-refractivity contribution is 0.251. The average molecular weight is 334 g/mol. The smallest absolute Gasteiger partial charge is 0.143 e. The minimum absolute atomic E-state index is 0.0763. The summed E-state index contributed by atoms with van der Waals surface area (Å²) in [6.45, 7) is 0. The second-order valence-electron chi connectivity index (χ2n) is 6.59. The summed E-state index contributed by atoms with van der Waals surface area (Å²) in [7, 11) is 0. The summed E-state index contributed by atoms with van der Waals surface area (Å²) in [6, 6.07) is 33.8. The molecule has 1 atom stereocenters. The molecule has 0 saturated heterocycles. The summed E-state index contributed by atoms with van der Waals surface area (Å²) in [5, 5.41) is 2.52. The van der Waals surface area contributed by atoms with Crippen molar-refractivity contribution in [2.45, 2.75) is 6.10 Å². The van der Waals surface area contributed by atoms with Gasteiger partial charge in [-0.25, -0.2) is 0 Å². The van der Waals surface area contributed by atoms with Crippen LogP contribution in [0.4, 0.5) is 0 Å². The molecule has 1 aliphatic rings. The molecule has 1 heteroatoms. The molecule has 1 unspecified atom stereocenters. The summed E-state index contributed by atoms with van der Waals surface area (Å²) < 4.78 is 6.28. The molecule has 4 aromatic rings. The molecule has 4 aromatic carbocycles. The Labute approximate surface area is 153 Å². The predicted octanol–water partition coefficient (Wildman–Crippen LogP) is 6.41. The zero-order chi connectivity index (χ0) is 17.3. The van der Waals surface area contributed by atoms with E-state index in [1.54, 1.807) is 0 Å². The summed E-state index contributed by atoms with van der Waals surface area (Å²) in [6.07, 6.45) is 2.16. The van der Waals surface area contributed by atoms with Gasteiger partial charge in [-0.15, -0.1) is 0 Å². The third-order valence-corrected chi connectivity index (χ3v) is 4.94. The molecule has 0 amide bonds. The van der Waals surface area contributed by atoms with Crippen LogP contribution in [-0.4, -0.2) is 0 Å². The van der Waals surface area contributed by atoms with E-state index in [0.717, 1.165) is 11.3 Å². The molecule has 1 heterocycles. The lowest BCUT2D eigenvalue weighted by atomic mass is 9.91. The predicted molar refractivity (Wildman–Crippen MR) is 107 cm³/mol. The number of rotatable bonds is 2. The molecule has 124 valence electrons. The van der Waals surface area contributed by atoms with Crippen LogP contribution in [0.3, 0.4) is 0 Å². The Kier molecular flexibility index (Phi) is 3.57. The Morgan fingerprint density at radius 1 is 0.615 bits per heavy atom. The molecule has 1 nitrogen and oxygen atoms in total. The monoisotopic (exact) mass is 334 g/mol. The Morgan fingerprint density at radius 3 is 2.23 bits per heavy atom. The summed E-state index contributed by atoms with van der Waals surface area (Å²) in [4.78, 5) is 0. The maximum Gasteiger partial charge on any atom is 0.143 e. The van der Waals surface area contributed by atoms with Crippen molar-refractivity contribution in [1.29, 1.82) is 0 Å². The van der Waals surface area contributed by atoms with Crippen LogP contribution in [0.1, 0.15) is 22.8 Å². The van der Waals surface area contributed by atoms with Gasteiger partial charge in [0.05, 0.1) is 0 Å². The molecule has 0 aromatic heterocycles. The SMILES string of the molecule is C1=C(c2ccc3ccccc3c2)c2ccccc2OC1c1ccccc1. The molecule has 0 aliphatic carbocycles. The number of para-hydroxylation sites is 1. The minimum Gasteiger partial charge on any atom is -0.481 e. The highest BCUT2D eigenvalue weighted by Crippen LogP contribution is 2.40. The van der Waals surface area contributed by atoms with Crippen LogP contribution < -0.4 is 4.74 Å². The molecular formula is C25H18O. The number of fused-ring (bicyclic) bond motifs is 2. The first-order chi connectivity index (χ1) is 12.9. The van der Waals surface area contributed by atoms with Crippen LogP contribution in [0.5, 0.6) is 5.75 Å². The van der Waals surface area contributed by atoms with Crippen molar-refractivity contribution in [3.63, 3.8) is 0 Å². The molecule has 26 heavy (non-hydrogen) atoms. The largest absolute Gasteiger partial charge is 0.481 e. The molecular weight excluding hydrogens is 316 g/mol. The van der Waals surface area contributed by atoms with Crippen molar-refractivity contribution >= 4 is 16.3 Å². The fourth-order valence-corrected chi connectivity index (χ4v) is 3.62. The number of ether oxygens (including phenoxy) is 1. The van der Waals surface area contributed by atoms with E-state index in [4.69, 9.17) is 4.74 Å². The van der Waals surface area contributed by atoms with Gasteiger partial charge in [0.1, 0.15) is 11.9 Å². The van der Waals surface area contributed by atoms with Gasteiger partial charge in [-0.2, -0.15) is 0 Å². The van der Waals surface area contributed by atoms with Gasteiger partial charge >= 0.3 is 0 Å². The van der Waals surface area contributed by atoms with Gasteiger partial charge in [-0.1, -0.05) is 84.9 Å². The van der Waals surface area contributed by atoms with Crippen molar-refractivity contribution in [1.82, 2.24) is 0 Å². The molecule has 1 aliphatic heterocycles. The Hall–Kier alpha value is -3.32. The van der Waals surface area contributed by atoms with Crippen LogP contribution in [0.15, 0.2) is 103 Å². The topological polar surface area (TPSA) is 9.23 Å². The zero-order valence-corrected chi connectivity index (χ0v) is 14.3. The van der Waals surface area contributed by atoms with Crippen LogP contribution in [0, 0.1) is 0 Å². The highest BCUT2D eigenvalue weighted by atomic mass is 16.5. The highest BCUT2D eigenvalue weighted by molar-refractivity contribution is 5.91. The number of hydrogen-bond donors (Lipinski definition) is 0. The first-order valence-corrected chi connectivity index (χ1v) is 8.90. The van der Waals surface area contributed by atoms with Crippen molar-refractivity contribution in [3.05, 3.63) is 120 Å². The van der Waals surface area contributed by atoms with Crippen LogP contribution in [0.25, 0.3) is 16.3 Å². The van der Waals surface area contributed by atoms with Crippen molar-refractivity contribution in [3.8, 4) is 5.75 Å². The van der Waals surface area contributed by atoms with E-state index in [0.29, 0.717) is 0 Å².